The second-order valence-electron chi connectivity index (χ2n) is 6.23. The standard InChI is InChI=1S/C14H17F15O3Si/c1-4-30-33(31-5-2,32-6-3)7-8(15,16)9(17,18)10(19,20)11(21,22)12(23,24)13(25,26)14(27,28)29/h4-7H2,1-3H3. The minimum atomic E-state index is -8.33. The molecule has 0 fully saturated rings. The van der Waals surface area contributed by atoms with Gasteiger partial charge in [-0.25, -0.2) is 0 Å². The summed E-state index contributed by atoms with van der Waals surface area (Å²) < 4.78 is 213. The Labute approximate surface area is 177 Å². The first-order valence-electron chi connectivity index (χ1n) is 8.64. The van der Waals surface area contributed by atoms with Gasteiger partial charge >= 0.3 is 50.5 Å². The molecule has 0 aromatic carbocycles. The molecule has 0 saturated heterocycles. The second-order valence-corrected chi connectivity index (χ2v) is 8.82. The van der Waals surface area contributed by atoms with Gasteiger partial charge in [0.05, 0.1) is 6.04 Å². The van der Waals surface area contributed by atoms with Crippen molar-refractivity contribution >= 4 is 8.80 Å². The predicted octanol–water partition coefficient (Wildman–Crippen LogP) is 6.41. The van der Waals surface area contributed by atoms with Crippen LogP contribution in [0.5, 0.6) is 0 Å². The largest absolute Gasteiger partial charge is 0.507 e. The Morgan fingerprint density at radius 1 is 0.455 bits per heavy atom. The monoisotopic (exact) mass is 546 g/mol. The van der Waals surface area contributed by atoms with Gasteiger partial charge in [0.2, 0.25) is 0 Å². The molecule has 0 aliphatic heterocycles. The molecule has 0 radical (unpaired) electrons. The van der Waals surface area contributed by atoms with E-state index in [-0.39, 0.29) is 0 Å². The first-order chi connectivity index (χ1) is 14.4. The molecule has 19 heteroatoms. The van der Waals surface area contributed by atoms with E-state index in [9.17, 15) is 65.9 Å². The molecule has 33 heavy (non-hydrogen) atoms. The fourth-order valence-electron chi connectivity index (χ4n) is 2.32. The van der Waals surface area contributed by atoms with Crippen molar-refractivity contribution in [1.82, 2.24) is 0 Å². The van der Waals surface area contributed by atoms with E-state index in [0.717, 1.165) is 20.8 Å². The van der Waals surface area contributed by atoms with Crippen LogP contribution in [0, 0.1) is 0 Å². The molecule has 0 rings (SSSR count). The van der Waals surface area contributed by atoms with Crippen molar-refractivity contribution in [2.75, 3.05) is 19.8 Å². The second kappa shape index (κ2) is 9.60. The van der Waals surface area contributed by atoms with Gasteiger partial charge < -0.3 is 13.3 Å². The van der Waals surface area contributed by atoms with Crippen LogP contribution in [-0.2, 0) is 13.3 Å². The number of rotatable bonds is 13. The van der Waals surface area contributed by atoms with Crippen molar-refractivity contribution in [3.8, 4) is 0 Å². The normalized spacial score (nSPS) is 15.8. The van der Waals surface area contributed by atoms with Gasteiger partial charge in [0.25, 0.3) is 0 Å². The molecule has 200 valence electrons. The van der Waals surface area contributed by atoms with E-state index < -0.39 is 76.4 Å². The van der Waals surface area contributed by atoms with Gasteiger partial charge in [-0.1, -0.05) is 0 Å². The summed E-state index contributed by atoms with van der Waals surface area (Å²) >= 11 is 0. The molecule has 0 N–H and O–H groups in total. The minimum Gasteiger partial charge on any atom is -0.374 e. The van der Waals surface area contributed by atoms with E-state index in [1.54, 1.807) is 0 Å². The lowest BCUT2D eigenvalue weighted by Gasteiger charge is -2.42. The lowest BCUT2D eigenvalue weighted by atomic mass is 9.91. The van der Waals surface area contributed by atoms with Crippen molar-refractivity contribution in [2.45, 2.75) is 68.5 Å². The van der Waals surface area contributed by atoms with Crippen LogP contribution < -0.4 is 0 Å². The third-order valence-corrected chi connectivity index (χ3v) is 6.99. The van der Waals surface area contributed by atoms with Crippen molar-refractivity contribution in [1.29, 1.82) is 0 Å². The van der Waals surface area contributed by atoms with E-state index in [0.29, 0.717) is 0 Å². The minimum absolute atomic E-state index is 0.643. The molecule has 0 atom stereocenters. The zero-order chi connectivity index (χ0) is 26.9. The molecule has 0 aliphatic rings. The smallest absolute Gasteiger partial charge is 0.374 e. The van der Waals surface area contributed by atoms with Crippen LogP contribution in [0.1, 0.15) is 20.8 Å². The fraction of sp³-hybridized carbons (Fsp3) is 1.00. The molecule has 3 nitrogen and oxygen atoms in total. The zero-order valence-corrected chi connectivity index (χ0v) is 17.7. The summed E-state index contributed by atoms with van der Waals surface area (Å²) in [5.74, 6) is -46.9. The maximum atomic E-state index is 14.2. The van der Waals surface area contributed by atoms with Crippen LogP contribution in [0.2, 0.25) is 6.04 Å². The third-order valence-electron chi connectivity index (χ3n) is 3.92. The Morgan fingerprint density at radius 3 is 1.00 bits per heavy atom. The topological polar surface area (TPSA) is 27.7 Å². The third kappa shape index (κ3) is 5.19. The van der Waals surface area contributed by atoms with E-state index in [2.05, 4.69) is 13.3 Å². The number of halogens is 15. The Morgan fingerprint density at radius 2 is 0.727 bits per heavy atom. The molecule has 0 aromatic rings. The lowest BCUT2D eigenvalue weighted by molar-refractivity contribution is -0.451. The number of hydrogen-bond acceptors (Lipinski definition) is 3. The highest BCUT2D eigenvalue weighted by molar-refractivity contribution is 6.61. The average Bonchev–Trinajstić information content (AvgIpc) is 2.60. The van der Waals surface area contributed by atoms with Gasteiger partial charge in [0.15, 0.2) is 0 Å². The van der Waals surface area contributed by atoms with Crippen molar-refractivity contribution in [3.63, 3.8) is 0 Å². The molecule has 0 bridgehead atoms. The zero-order valence-electron chi connectivity index (χ0n) is 16.7. The van der Waals surface area contributed by atoms with Crippen molar-refractivity contribution in [3.05, 3.63) is 0 Å². The average molecular weight is 546 g/mol. The Kier molecular flexibility index (Phi) is 9.32. The van der Waals surface area contributed by atoms with Gasteiger partial charge in [0.1, 0.15) is 0 Å². The lowest BCUT2D eigenvalue weighted by Crippen LogP contribution is -2.73. The first-order valence-corrected chi connectivity index (χ1v) is 10.6. The summed E-state index contributed by atoms with van der Waals surface area (Å²) in [5.41, 5.74) is 0. The molecule has 0 aliphatic carbocycles. The maximum absolute atomic E-state index is 14.2. The van der Waals surface area contributed by atoms with Crippen LogP contribution in [-0.4, -0.2) is 70.3 Å². The highest BCUT2D eigenvalue weighted by atomic mass is 28.4. The molecule has 0 aromatic heterocycles. The molecule has 0 heterocycles. The van der Waals surface area contributed by atoms with Crippen LogP contribution >= 0.6 is 0 Å². The van der Waals surface area contributed by atoms with Gasteiger partial charge in [0, 0.05) is 19.8 Å². The van der Waals surface area contributed by atoms with E-state index >= 15 is 0 Å². The van der Waals surface area contributed by atoms with Crippen LogP contribution in [0.25, 0.3) is 0 Å². The SMILES string of the molecule is CCO[Si](CC(F)(F)C(F)(F)C(F)(F)C(F)(F)C(F)(F)C(F)(F)C(F)(F)F)(OCC)OCC. The summed E-state index contributed by atoms with van der Waals surface area (Å²) in [6, 6.07) is -2.74. The summed E-state index contributed by atoms with van der Waals surface area (Å²) in [7, 11) is -5.11. The quantitative estimate of drug-likeness (QED) is 0.198. The van der Waals surface area contributed by atoms with Crippen LogP contribution in [0.3, 0.4) is 0 Å². The molecule has 0 saturated carbocycles. The van der Waals surface area contributed by atoms with Crippen molar-refractivity contribution < 1.29 is 79.1 Å². The van der Waals surface area contributed by atoms with E-state index in [4.69, 9.17) is 0 Å². The molecule has 0 amide bonds. The van der Waals surface area contributed by atoms with E-state index in [1.165, 1.54) is 0 Å². The summed E-state index contributed by atoms with van der Waals surface area (Å²) in [6.45, 7) is 1.23. The Balaban J connectivity index is 6.63. The molecule has 0 spiro atoms. The summed E-state index contributed by atoms with van der Waals surface area (Å²) in [6.07, 6.45) is -7.64. The van der Waals surface area contributed by atoms with E-state index in [1.807, 2.05) is 0 Å². The highest BCUT2D eigenvalue weighted by Gasteiger charge is 2.93. The Hall–Kier alpha value is -0.953. The molecular weight excluding hydrogens is 529 g/mol. The maximum Gasteiger partial charge on any atom is 0.507 e. The van der Waals surface area contributed by atoms with Crippen LogP contribution in [0.4, 0.5) is 65.9 Å². The van der Waals surface area contributed by atoms with Gasteiger partial charge in [-0.15, -0.1) is 0 Å². The van der Waals surface area contributed by atoms with Gasteiger partial charge in [-0.2, -0.15) is 65.9 Å². The fourth-order valence-corrected chi connectivity index (χ4v) is 4.96. The molecular formula is C14H17F15O3Si. The Bertz CT molecular complexity index is 633. The predicted molar refractivity (Wildman–Crippen MR) is 81.2 cm³/mol. The van der Waals surface area contributed by atoms with Gasteiger partial charge in [-0.05, 0) is 20.8 Å². The van der Waals surface area contributed by atoms with Gasteiger partial charge in [-0.3, -0.25) is 0 Å². The highest BCUT2D eigenvalue weighted by Crippen LogP contribution is 2.63. The van der Waals surface area contributed by atoms with Crippen LogP contribution in [0.15, 0.2) is 0 Å². The first kappa shape index (κ1) is 32.0. The summed E-state index contributed by atoms with van der Waals surface area (Å²) in [4.78, 5) is 0. The summed E-state index contributed by atoms with van der Waals surface area (Å²) in [5, 5.41) is 0. The number of hydrogen-bond donors (Lipinski definition) is 0. The van der Waals surface area contributed by atoms with Crippen molar-refractivity contribution in [2.24, 2.45) is 0 Å². The number of alkyl halides is 15. The molecule has 0 unspecified atom stereocenters.